The monoisotopic (exact) mass is 253 g/mol. The predicted octanol–water partition coefficient (Wildman–Crippen LogP) is 1.71. The first kappa shape index (κ1) is 13.5. The Kier molecular flexibility index (Phi) is 4.05. The second-order valence-electron chi connectivity index (χ2n) is 6.10. The van der Waals surface area contributed by atoms with Crippen LogP contribution in [-0.4, -0.2) is 35.0 Å². The molecule has 1 N–H and O–H groups in total. The van der Waals surface area contributed by atoms with Gasteiger partial charge in [0.1, 0.15) is 0 Å². The summed E-state index contributed by atoms with van der Waals surface area (Å²) in [4.78, 5) is 25.7. The van der Waals surface area contributed by atoms with E-state index < -0.39 is 0 Å². The van der Waals surface area contributed by atoms with Crippen molar-refractivity contribution in [3.8, 4) is 0 Å². The average Bonchev–Trinajstić information content (AvgIpc) is 2.34. The minimum absolute atomic E-state index is 0.0161. The number of carbonyl (C=O) groups is 2. The molecule has 0 aromatic carbocycles. The fourth-order valence-corrected chi connectivity index (χ4v) is 3.26. The molecule has 0 aromatic rings. The number of aliphatic hydroxyl groups excluding tert-OH is 1. The summed E-state index contributed by atoms with van der Waals surface area (Å²) in [6.45, 7) is 2.23. The number of rotatable bonds is 3. The molecule has 1 aliphatic heterocycles. The van der Waals surface area contributed by atoms with Crippen molar-refractivity contribution < 1.29 is 14.7 Å². The van der Waals surface area contributed by atoms with Gasteiger partial charge in [-0.3, -0.25) is 14.5 Å². The zero-order chi connectivity index (χ0) is 13.2. The molecule has 2 fully saturated rings. The molecular weight excluding hydrogens is 230 g/mol. The third kappa shape index (κ3) is 2.74. The number of hydrogen-bond donors (Lipinski definition) is 1. The SMILES string of the molecule is CC(CO)CN1C(=O)CC2(CCCCC2)CC1=O. The molecule has 0 radical (unpaired) electrons. The second-order valence-corrected chi connectivity index (χ2v) is 6.10. The Morgan fingerprint density at radius 2 is 1.72 bits per heavy atom. The van der Waals surface area contributed by atoms with Gasteiger partial charge >= 0.3 is 0 Å². The van der Waals surface area contributed by atoms with Crippen LogP contribution in [0.15, 0.2) is 0 Å². The van der Waals surface area contributed by atoms with E-state index in [1.165, 1.54) is 11.3 Å². The van der Waals surface area contributed by atoms with Gasteiger partial charge in [0.25, 0.3) is 0 Å². The normalized spacial score (nSPS) is 25.6. The minimum Gasteiger partial charge on any atom is -0.396 e. The zero-order valence-electron chi connectivity index (χ0n) is 11.2. The maximum absolute atomic E-state index is 12.2. The second kappa shape index (κ2) is 5.39. The molecular formula is C14H23NO3. The van der Waals surface area contributed by atoms with Crippen LogP contribution in [-0.2, 0) is 9.59 Å². The molecule has 1 heterocycles. The number of aliphatic hydroxyl groups is 1. The molecule has 0 aromatic heterocycles. The van der Waals surface area contributed by atoms with Gasteiger partial charge < -0.3 is 5.11 Å². The van der Waals surface area contributed by atoms with Crippen LogP contribution in [0.1, 0.15) is 51.9 Å². The fraction of sp³-hybridized carbons (Fsp3) is 0.857. The third-order valence-electron chi connectivity index (χ3n) is 4.37. The number of carbonyl (C=O) groups excluding carboxylic acids is 2. The molecule has 4 heteroatoms. The minimum atomic E-state index is -0.0363. The van der Waals surface area contributed by atoms with Crippen molar-refractivity contribution in [2.24, 2.45) is 11.3 Å². The summed E-state index contributed by atoms with van der Waals surface area (Å²) in [7, 11) is 0. The summed E-state index contributed by atoms with van der Waals surface area (Å²) < 4.78 is 0. The maximum atomic E-state index is 12.2. The van der Waals surface area contributed by atoms with E-state index in [0.717, 1.165) is 25.7 Å². The molecule has 1 atom stereocenters. The van der Waals surface area contributed by atoms with Crippen molar-refractivity contribution in [3.63, 3.8) is 0 Å². The van der Waals surface area contributed by atoms with Crippen LogP contribution >= 0.6 is 0 Å². The summed E-state index contributed by atoms with van der Waals surface area (Å²) in [6.07, 6.45) is 6.62. The Morgan fingerprint density at radius 3 is 2.22 bits per heavy atom. The van der Waals surface area contributed by atoms with E-state index in [4.69, 9.17) is 5.11 Å². The summed E-state index contributed by atoms with van der Waals surface area (Å²) in [6, 6.07) is 0. The highest BCUT2D eigenvalue weighted by atomic mass is 16.3. The number of hydrogen-bond acceptors (Lipinski definition) is 3. The summed E-state index contributed by atoms with van der Waals surface area (Å²) in [5, 5.41) is 9.03. The highest BCUT2D eigenvalue weighted by Crippen LogP contribution is 2.45. The topological polar surface area (TPSA) is 57.6 Å². The van der Waals surface area contributed by atoms with Crippen molar-refractivity contribution >= 4 is 11.8 Å². The molecule has 1 spiro atoms. The van der Waals surface area contributed by atoms with Crippen molar-refractivity contribution in [1.29, 1.82) is 0 Å². The summed E-state index contributed by atoms with van der Waals surface area (Å²) >= 11 is 0. The summed E-state index contributed by atoms with van der Waals surface area (Å²) in [5.41, 5.74) is -0.0363. The zero-order valence-corrected chi connectivity index (χ0v) is 11.2. The Hall–Kier alpha value is -0.900. The smallest absolute Gasteiger partial charge is 0.229 e. The number of piperidine rings is 1. The van der Waals surface area contributed by atoms with E-state index >= 15 is 0 Å². The van der Waals surface area contributed by atoms with E-state index in [-0.39, 0.29) is 29.8 Å². The quantitative estimate of drug-likeness (QED) is 0.779. The lowest BCUT2D eigenvalue weighted by Crippen LogP contribution is -2.50. The van der Waals surface area contributed by atoms with E-state index in [2.05, 4.69) is 0 Å². The van der Waals surface area contributed by atoms with Gasteiger partial charge in [0.15, 0.2) is 0 Å². The van der Waals surface area contributed by atoms with Gasteiger partial charge in [-0.15, -0.1) is 0 Å². The van der Waals surface area contributed by atoms with Crippen molar-refractivity contribution in [3.05, 3.63) is 0 Å². The van der Waals surface area contributed by atoms with E-state index in [9.17, 15) is 9.59 Å². The Morgan fingerprint density at radius 1 is 1.17 bits per heavy atom. The molecule has 2 rings (SSSR count). The lowest BCUT2D eigenvalue weighted by molar-refractivity contribution is -0.155. The molecule has 18 heavy (non-hydrogen) atoms. The van der Waals surface area contributed by atoms with E-state index in [1.807, 2.05) is 6.92 Å². The Balaban J connectivity index is 2.03. The number of amides is 2. The van der Waals surface area contributed by atoms with Gasteiger partial charge in [-0.05, 0) is 24.2 Å². The molecule has 1 saturated carbocycles. The highest BCUT2D eigenvalue weighted by Gasteiger charge is 2.43. The molecule has 1 unspecified atom stereocenters. The van der Waals surface area contributed by atoms with Crippen LogP contribution in [0.5, 0.6) is 0 Å². The highest BCUT2D eigenvalue weighted by molar-refractivity contribution is 5.98. The van der Waals surface area contributed by atoms with Gasteiger partial charge in [0.05, 0.1) is 0 Å². The van der Waals surface area contributed by atoms with Crippen LogP contribution in [0.25, 0.3) is 0 Å². The lowest BCUT2D eigenvalue weighted by Gasteiger charge is -2.42. The van der Waals surface area contributed by atoms with Crippen LogP contribution < -0.4 is 0 Å². The van der Waals surface area contributed by atoms with Crippen molar-refractivity contribution in [2.75, 3.05) is 13.2 Å². The molecule has 1 aliphatic carbocycles. The van der Waals surface area contributed by atoms with E-state index in [1.54, 1.807) is 0 Å². The maximum Gasteiger partial charge on any atom is 0.229 e. The van der Waals surface area contributed by atoms with Crippen molar-refractivity contribution in [2.45, 2.75) is 51.9 Å². The Bertz CT molecular complexity index is 314. The number of likely N-dealkylation sites (tertiary alicyclic amines) is 1. The predicted molar refractivity (Wildman–Crippen MR) is 67.7 cm³/mol. The summed E-state index contributed by atoms with van der Waals surface area (Å²) in [5.74, 6) is -0.0970. The van der Waals surface area contributed by atoms with Crippen LogP contribution in [0, 0.1) is 11.3 Å². The number of nitrogens with zero attached hydrogens (tertiary/aromatic N) is 1. The largest absolute Gasteiger partial charge is 0.396 e. The molecule has 0 bridgehead atoms. The van der Waals surface area contributed by atoms with E-state index in [0.29, 0.717) is 19.4 Å². The van der Waals surface area contributed by atoms with Gasteiger partial charge in [-0.1, -0.05) is 26.2 Å². The molecule has 1 saturated heterocycles. The molecule has 2 amide bonds. The van der Waals surface area contributed by atoms with Crippen LogP contribution in [0.2, 0.25) is 0 Å². The lowest BCUT2D eigenvalue weighted by atomic mass is 9.67. The van der Waals surface area contributed by atoms with Crippen molar-refractivity contribution in [1.82, 2.24) is 4.90 Å². The van der Waals surface area contributed by atoms with Gasteiger partial charge in [0, 0.05) is 26.0 Å². The first-order valence-electron chi connectivity index (χ1n) is 7.00. The van der Waals surface area contributed by atoms with Gasteiger partial charge in [0.2, 0.25) is 11.8 Å². The molecule has 2 aliphatic rings. The third-order valence-corrected chi connectivity index (χ3v) is 4.37. The van der Waals surface area contributed by atoms with Gasteiger partial charge in [-0.2, -0.15) is 0 Å². The first-order valence-corrected chi connectivity index (χ1v) is 7.00. The molecule has 4 nitrogen and oxygen atoms in total. The fourth-order valence-electron chi connectivity index (χ4n) is 3.26. The van der Waals surface area contributed by atoms with Gasteiger partial charge in [-0.25, -0.2) is 0 Å². The first-order chi connectivity index (χ1) is 8.56. The molecule has 102 valence electrons. The average molecular weight is 253 g/mol. The van der Waals surface area contributed by atoms with Crippen LogP contribution in [0.3, 0.4) is 0 Å². The standard InChI is InChI=1S/C14H23NO3/c1-11(10-16)9-15-12(17)7-14(8-13(15)18)5-3-2-4-6-14/h11,16H,2-10H2,1H3. The Labute approximate surface area is 108 Å². The number of imide groups is 1. The van der Waals surface area contributed by atoms with Crippen LogP contribution in [0.4, 0.5) is 0 Å².